The van der Waals surface area contributed by atoms with E-state index >= 15 is 0 Å². The Hall–Kier alpha value is -4.04. The molecule has 5 aromatic rings. The third-order valence-electron chi connectivity index (χ3n) is 4.77. The maximum Gasteiger partial charge on any atom is 0.222 e. The van der Waals surface area contributed by atoms with Crippen molar-refractivity contribution in [3.63, 3.8) is 0 Å². The number of hydrogen-bond acceptors (Lipinski definition) is 8. The van der Waals surface area contributed by atoms with Crippen LogP contribution in [0, 0.1) is 0 Å². The Labute approximate surface area is 182 Å². The fraction of sp³-hybridized carbons (Fsp3) is 0.0435. The number of nitrogens with one attached hydrogen (secondary N) is 1. The number of nitrogens with zero attached hydrogens (tertiary/aromatic N) is 4. The van der Waals surface area contributed by atoms with E-state index in [1.165, 1.54) is 0 Å². The van der Waals surface area contributed by atoms with Crippen molar-refractivity contribution in [3.05, 3.63) is 84.2 Å². The van der Waals surface area contributed by atoms with Gasteiger partial charge in [0.2, 0.25) is 5.95 Å². The fourth-order valence-electron chi connectivity index (χ4n) is 3.32. The first-order chi connectivity index (χ1) is 15.1. The third kappa shape index (κ3) is 4.29. The summed E-state index contributed by atoms with van der Waals surface area (Å²) in [7, 11) is 0. The van der Waals surface area contributed by atoms with E-state index in [-0.39, 0.29) is 5.95 Å². The van der Waals surface area contributed by atoms with Crippen molar-refractivity contribution in [1.29, 1.82) is 0 Å². The average molecular weight is 426 g/mol. The van der Waals surface area contributed by atoms with E-state index in [4.69, 9.17) is 11.5 Å². The predicted octanol–water partition coefficient (Wildman–Crippen LogP) is 4.65. The van der Waals surface area contributed by atoms with Gasteiger partial charge in [-0.15, -0.1) is 0 Å². The van der Waals surface area contributed by atoms with Crippen molar-refractivity contribution in [2.75, 3.05) is 16.8 Å². The van der Waals surface area contributed by atoms with E-state index in [1.54, 1.807) is 23.6 Å². The first-order valence-electron chi connectivity index (χ1n) is 9.69. The highest BCUT2D eigenvalue weighted by molar-refractivity contribution is 7.22. The zero-order valence-corrected chi connectivity index (χ0v) is 17.3. The Morgan fingerprint density at radius 1 is 0.839 bits per heavy atom. The molecule has 31 heavy (non-hydrogen) atoms. The number of benzene rings is 2. The minimum absolute atomic E-state index is 0.232. The molecule has 0 saturated heterocycles. The van der Waals surface area contributed by atoms with Crippen LogP contribution in [0.3, 0.4) is 0 Å². The summed E-state index contributed by atoms with van der Waals surface area (Å²) in [5.41, 5.74) is 16.6. The summed E-state index contributed by atoms with van der Waals surface area (Å²) in [5.74, 6) is 1.36. The van der Waals surface area contributed by atoms with Gasteiger partial charge in [0.15, 0.2) is 5.13 Å². The van der Waals surface area contributed by atoms with E-state index in [0.717, 1.165) is 37.7 Å². The second kappa shape index (κ2) is 8.00. The molecule has 0 aliphatic rings. The van der Waals surface area contributed by atoms with Crippen LogP contribution in [0.4, 0.5) is 22.7 Å². The van der Waals surface area contributed by atoms with Gasteiger partial charge in [-0.1, -0.05) is 47.7 Å². The number of thiazole rings is 1. The van der Waals surface area contributed by atoms with E-state index in [2.05, 4.69) is 43.5 Å². The molecule has 0 spiro atoms. The number of aromatic nitrogens is 4. The summed E-state index contributed by atoms with van der Waals surface area (Å²) in [5, 5.41) is 4.02. The number of hydrogen-bond donors (Lipinski definition) is 3. The lowest BCUT2D eigenvalue weighted by atomic mass is 10.1. The summed E-state index contributed by atoms with van der Waals surface area (Å²) in [6.45, 7) is 0. The Kier molecular flexibility index (Phi) is 4.89. The standard InChI is InChI=1S/C23H19N7S/c24-20-9-7-16(13-26-20)15-6-8-18-19(11-15)31-23(28-18)30-21-12-17(27-22(25)29-21)10-14-4-2-1-3-5-14/h1-9,11-13H,10H2,(H2,24,26)(H3,25,27,28,29,30). The van der Waals surface area contributed by atoms with Crippen LogP contribution in [0.15, 0.2) is 72.9 Å². The normalized spacial score (nSPS) is 11.0. The van der Waals surface area contributed by atoms with Crippen molar-refractivity contribution in [2.45, 2.75) is 6.42 Å². The molecular formula is C23H19N7S. The second-order valence-corrected chi connectivity index (χ2v) is 8.09. The van der Waals surface area contributed by atoms with Crippen LogP contribution in [0.1, 0.15) is 11.3 Å². The average Bonchev–Trinajstić information content (AvgIpc) is 3.16. The molecule has 0 aliphatic heterocycles. The summed E-state index contributed by atoms with van der Waals surface area (Å²) >= 11 is 1.55. The van der Waals surface area contributed by atoms with E-state index < -0.39 is 0 Å². The topological polar surface area (TPSA) is 116 Å². The molecule has 0 amide bonds. The molecule has 8 heteroatoms. The summed E-state index contributed by atoms with van der Waals surface area (Å²) in [6, 6.07) is 21.9. The molecule has 5 N–H and O–H groups in total. The second-order valence-electron chi connectivity index (χ2n) is 7.06. The molecule has 3 heterocycles. The van der Waals surface area contributed by atoms with Gasteiger partial charge >= 0.3 is 0 Å². The quantitative estimate of drug-likeness (QED) is 0.375. The minimum Gasteiger partial charge on any atom is -0.384 e. The summed E-state index contributed by atoms with van der Waals surface area (Å²) in [6.07, 6.45) is 2.45. The zero-order chi connectivity index (χ0) is 21.2. The molecule has 3 aromatic heterocycles. The van der Waals surface area contributed by atoms with Crippen LogP contribution >= 0.6 is 11.3 Å². The largest absolute Gasteiger partial charge is 0.384 e. The highest BCUT2D eigenvalue weighted by Gasteiger charge is 2.09. The van der Waals surface area contributed by atoms with Crippen molar-refractivity contribution < 1.29 is 0 Å². The molecule has 0 aliphatic carbocycles. The van der Waals surface area contributed by atoms with Crippen LogP contribution in [-0.4, -0.2) is 19.9 Å². The number of nitrogens with two attached hydrogens (primary N) is 2. The Morgan fingerprint density at radius 3 is 2.48 bits per heavy atom. The SMILES string of the molecule is Nc1ccc(-c2ccc3nc(Nc4cc(Cc5ccccc5)nc(N)n4)sc3c2)cn1. The molecule has 7 nitrogen and oxygen atoms in total. The van der Waals surface area contributed by atoms with Gasteiger partial charge in [-0.25, -0.2) is 15.0 Å². The van der Waals surface area contributed by atoms with Gasteiger partial charge in [-0.3, -0.25) is 0 Å². The van der Waals surface area contributed by atoms with Gasteiger partial charge in [-0.2, -0.15) is 4.98 Å². The van der Waals surface area contributed by atoms with E-state index in [0.29, 0.717) is 18.1 Å². The maximum atomic E-state index is 5.94. The van der Waals surface area contributed by atoms with Crippen LogP contribution in [0.5, 0.6) is 0 Å². The van der Waals surface area contributed by atoms with Crippen molar-refractivity contribution in [2.24, 2.45) is 0 Å². The third-order valence-corrected chi connectivity index (χ3v) is 5.70. The molecule has 2 aromatic carbocycles. The van der Waals surface area contributed by atoms with Gasteiger partial charge in [0, 0.05) is 24.2 Å². The van der Waals surface area contributed by atoms with Crippen LogP contribution < -0.4 is 16.8 Å². The molecule has 152 valence electrons. The Bertz CT molecular complexity index is 1350. The molecule has 0 atom stereocenters. The molecule has 5 rings (SSSR count). The Morgan fingerprint density at radius 2 is 1.68 bits per heavy atom. The van der Waals surface area contributed by atoms with Gasteiger partial charge in [0.05, 0.1) is 15.9 Å². The number of fused-ring (bicyclic) bond motifs is 1. The van der Waals surface area contributed by atoms with Gasteiger partial charge < -0.3 is 16.8 Å². The number of pyridine rings is 1. The molecule has 0 unspecified atom stereocenters. The first-order valence-corrected chi connectivity index (χ1v) is 10.5. The van der Waals surface area contributed by atoms with Gasteiger partial charge in [0.25, 0.3) is 0 Å². The first kappa shape index (κ1) is 19.0. The number of nitrogen functional groups attached to an aromatic ring is 2. The van der Waals surface area contributed by atoms with Crippen LogP contribution in [0.2, 0.25) is 0 Å². The van der Waals surface area contributed by atoms with E-state index in [9.17, 15) is 0 Å². The smallest absolute Gasteiger partial charge is 0.222 e. The summed E-state index contributed by atoms with van der Waals surface area (Å²) in [4.78, 5) is 17.5. The van der Waals surface area contributed by atoms with Crippen LogP contribution in [-0.2, 0) is 6.42 Å². The molecule has 0 saturated carbocycles. The van der Waals surface area contributed by atoms with Gasteiger partial charge in [-0.05, 0) is 35.4 Å². The number of rotatable bonds is 5. The van der Waals surface area contributed by atoms with Crippen molar-refractivity contribution in [3.8, 4) is 11.1 Å². The van der Waals surface area contributed by atoms with Crippen molar-refractivity contribution >= 4 is 44.3 Å². The fourth-order valence-corrected chi connectivity index (χ4v) is 4.23. The molecule has 0 radical (unpaired) electrons. The molecule has 0 fully saturated rings. The number of anilines is 4. The minimum atomic E-state index is 0.232. The van der Waals surface area contributed by atoms with Crippen LogP contribution in [0.25, 0.3) is 21.3 Å². The van der Waals surface area contributed by atoms with E-state index in [1.807, 2.05) is 42.5 Å². The lowest BCUT2D eigenvalue weighted by molar-refractivity contribution is 1.04. The molecule has 0 bridgehead atoms. The van der Waals surface area contributed by atoms with Crippen molar-refractivity contribution in [1.82, 2.24) is 19.9 Å². The maximum absolute atomic E-state index is 5.94. The molecular weight excluding hydrogens is 406 g/mol. The lowest BCUT2D eigenvalue weighted by Gasteiger charge is -2.06. The zero-order valence-electron chi connectivity index (χ0n) is 16.5. The highest BCUT2D eigenvalue weighted by Crippen LogP contribution is 2.32. The Balaban J connectivity index is 1.40. The highest BCUT2D eigenvalue weighted by atomic mass is 32.1. The summed E-state index contributed by atoms with van der Waals surface area (Å²) < 4.78 is 1.06. The monoisotopic (exact) mass is 425 g/mol. The lowest BCUT2D eigenvalue weighted by Crippen LogP contribution is -2.03. The predicted molar refractivity (Wildman–Crippen MR) is 126 cm³/mol. The van der Waals surface area contributed by atoms with Gasteiger partial charge in [0.1, 0.15) is 11.6 Å².